The van der Waals surface area contributed by atoms with Crippen LogP contribution in [0.2, 0.25) is 0 Å². The molecular weight excluding hydrogens is 292 g/mol. The van der Waals surface area contributed by atoms with Crippen molar-refractivity contribution in [2.75, 3.05) is 11.9 Å². The van der Waals surface area contributed by atoms with Gasteiger partial charge in [0.1, 0.15) is 0 Å². The van der Waals surface area contributed by atoms with E-state index in [1.54, 1.807) is 4.68 Å². The minimum Gasteiger partial charge on any atom is -0.394 e. The van der Waals surface area contributed by atoms with Crippen LogP contribution < -0.4 is 10.6 Å². The molecule has 1 aromatic carbocycles. The normalized spacial score (nSPS) is 13.4. The van der Waals surface area contributed by atoms with Gasteiger partial charge in [-0.05, 0) is 38.5 Å². The number of nitrogens with one attached hydrogen (secondary N) is 2. The molecule has 1 unspecified atom stereocenters. The monoisotopic (exact) mass is 316 g/mol. The molecule has 0 aliphatic carbocycles. The predicted octanol–water partition coefficient (Wildman–Crippen LogP) is 2.85. The third-order valence-electron chi connectivity index (χ3n) is 3.69. The van der Waals surface area contributed by atoms with E-state index < -0.39 is 5.54 Å². The number of benzene rings is 1. The van der Waals surface area contributed by atoms with Gasteiger partial charge in [0.25, 0.3) is 0 Å². The van der Waals surface area contributed by atoms with Gasteiger partial charge in [-0.1, -0.05) is 25.5 Å². The largest absolute Gasteiger partial charge is 0.394 e. The lowest BCUT2D eigenvalue weighted by molar-refractivity contribution is 0.167. The Morgan fingerprint density at radius 3 is 2.70 bits per heavy atom. The summed E-state index contributed by atoms with van der Waals surface area (Å²) in [5.41, 5.74) is 1.72. The number of hydrogen-bond acceptors (Lipinski definition) is 3. The van der Waals surface area contributed by atoms with Crippen LogP contribution in [-0.4, -0.2) is 33.1 Å². The van der Waals surface area contributed by atoms with E-state index in [0.717, 1.165) is 17.8 Å². The zero-order chi connectivity index (χ0) is 16.9. The van der Waals surface area contributed by atoms with Crippen molar-refractivity contribution in [3.8, 4) is 5.69 Å². The topological polar surface area (TPSA) is 79.2 Å². The Bertz CT molecular complexity index is 668. The number of carbonyl (C=O) groups is 1. The van der Waals surface area contributed by atoms with E-state index >= 15 is 0 Å². The Balaban J connectivity index is 2.16. The highest BCUT2D eigenvalue weighted by molar-refractivity contribution is 5.92. The van der Waals surface area contributed by atoms with Gasteiger partial charge in [-0.2, -0.15) is 5.10 Å². The van der Waals surface area contributed by atoms with Gasteiger partial charge < -0.3 is 15.7 Å². The fourth-order valence-corrected chi connectivity index (χ4v) is 2.49. The number of urea groups is 1. The van der Waals surface area contributed by atoms with E-state index in [2.05, 4.69) is 15.7 Å². The number of nitrogens with zero attached hydrogens (tertiary/aromatic N) is 2. The number of hydrogen-bond donors (Lipinski definition) is 3. The molecule has 0 saturated carbocycles. The molecule has 2 aromatic rings. The summed E-state index contributed by atoms with van der Waals surface area (Å²) in [6.07, 6.45) is 3.43. The highest BCUT2D eigenvalue weighted by Crippen LogP contribution is 2.20. The third kappa shape index (κ3) is 4.32. The lowest BCUT2D eigenvalue weighted by atomic mass is 9.98. The van der Waals surface area contributed by atoms with Crippen LogP contribution in [0.3, 0.4) is 0 Å². The Labute approximate surface area is 136 Å². The maximum Gasteiger partial charge on any atom is 0.319 e. The van der Waals surface area contributed by atoms with Crippen molar-refractivity contribution < 1.29 is 9.90 Å². The standard InChI is InChI=1S/C17H24N4O2/c1-4-10-17(3,12-22)19-16(23)18-14-7-5-6-8-15(14)21-11-9-13(2)20-21/h5-9,11,22H,4,10,12H2,1-3H3,(H2,18,19,23). The van der Waals surface area contributed by atoms with Gasteiger partial charge in [0.2, 0.25) is 0 Å². The highest BCUT2D eigenvalue weighted by Gasteiger charge is 2.24. The minimum absolute atomic E-state index is 0.103. The zero-order valence-corrected chi connectivity index (χ0v) is 13.8. The van der Waals surface area contributed by atoms with Gasteiger partial charge >= 0.3 is 6.03 Å². The first kappa shape index (κ1) is 17.0. The second-order valence-electron chi connectivity index (χ2n) is 5.97. The first-order valence-electron chi connectivity index (χ1n) is 7.79. The predicted molar refractivity (Wildman–Crippen MR) is 90.9 cm³/mol. The number of aryl methyl sites for hydroxylation is 1. The molecule has 23 heavy (non-hydrogen) atoms. The van der Waals surface area contributed by atoms with E-state index in [0.29, 0.717) is 12.1 Å². The lowest BCUT2D eigenvalue weighted by Gasteiger charge is -2.28. The fraction of sp³-hybridized carbons (Fsp3) is 0.412. The summed E-state index contributed by atoms with van der Waals surface area (Å²) >= 11 is 0. The number of carbonyl (C=O) groups excluding carboxylic acids is 1. The molecule has 0 bridgehead atoms. The molecule has 0 fully saturated rings. The van der Waals surface area contributed by atoms with Crippen LogP contribution in [0.25, 0.3) is 5.69 Å². The van der Waals surface area contributed by atoms with Crippen molar-refractivity contribution in [2.24, 2.45) is 0 Å². The van der Waals surface area contributed by atoms with Crippen LogP contribution in [0.5, 0.6) is 0 Å². The van der Waals surface area contributed by atoms with E-state index in [1.165, 1.54) is 0 Å². The van der Waals surface area contributed by atoms with Gasteiger partial charge in [0, 0.05) is 6.20 Å². The smallest absolute Gasteiger partial charge is 0.319 e. The first-order chi connectivity index (χ1) is 11.0. The summed E-state index contributed by atoms with van der Waals surface area (Å²) in [5.74, 6) is 0. The van der Waals surface area contributed by atoms with Gasteiger partial charge in [-0.25, -0.2) is 9.48 Å². The summed E-state index contributed by atoms with van der Waals surface area (Å²) < 4.78 is 1.72. The van der Waals surface area contributed by atoms with Crippen molar-refractivity contribution in [2.45, 2.75) is 39.2 Å². The molecule has 6 heteroatoms. The number of amides is 2. The number of anilines is 1. The summed E-state index contributed by atoms with van der Waals surface area (Å²) in [7, 11) is 0. The lowest BCUT2D eigenvalue weighted by Crippen LogP contribution is -2.50. The molecule has 6 nitrogen and oxygen atoms in total. The molecule has 1 atom stereocenters. The maximum atomic E-state index is 12.3. The van der Waals surface area contributed by atoms with E-state index in [4.69, 9.17) is 0 Å². The van der Waals surface area contributed by atoms with Crippen LogP contribution in [0.15, 0.2) is 36.5 Å². The number of aliphatic hydroxyl groups is 1. The van der Waals surface area contributed by atoms with Crippen molar-refractivity contribution in [3.05, 3.63) is 42.2 Å². The molecule has 2 amide bonds. The average molecular weight is 316 g/mol. The molecule has 0 saturated heterocycles. The third-order valence-corrected chi connectivity index (χ3v) is 3.69. The average Bonchev–Trinajstić information content (AvgIpc) is 2.94. The SMILES string of the molecule is CCCC(C)(CO)NC(=O)Nc1ccccc1-n1ccc(C)n1. The summed E-state index contributed by atoms with van der Waals surface area (Å²) in [6.45, 7) is 5.66. The molecule has 1 heterocycles. The second-order valence-corrected chi connectivity index (χ2v) is 5.97. The number of rotatable bonds is 6. The van der Waals surface area contributed by atoms with Crippen LogP contribution >= 0.6 is 0 Å². The number of aromatic nitrogens is 2. The van der Waals surface area contributed by atoms with E-state index in [-0.39, 0.29) is 12.6 Å². The maximum absolute atomic E-state index is 12.3. The molecule has 0 radical (unpaired) electrons. The van der Waals surface area contributed by atoms with Crippen LogP contribution in [0.1, 0.15) is 32.4 Å². The van der Waals surface area contributed by atoms with Crippen LogP contribution in [0, 0.1) is 6.92 Å². The molecule has 1 aromatic heterocycles. The molecule has 124 valence electrons. The number of para-hydroxylation sites is 2. The van der Waals surface area contributed by atoms with Gasteiger partial charge in [-0.3, -0.25) is 0 Å². The summed E-state index contributed by atoms with van der Waals surface area (Å²) in [6, 6.07) is 9.02. The highest BCUT2D eigenvalue weighted by atomic mass is 16.3. The molecule has 0 aliphatic rings. The van der Waals surface area contributed by atoms with E-state index in [9.17, 15) is 9.90 Å². The Morgan fingerprint density at radius 1 is 1.35 bits per heavy atom. The van der Waals surface area contributed by atoms with Gasteiger partial charge in [0.05, 0.1) is 29.2 Å². The van der Waals surface area contributed by atoms with Crippen molar-refractivity contribution in [1.29, 1.82) is 0 Å². The zero-order valence-electron chi connectivity index (χ0n) is 13.8. The fourth-order valence-electron chi connectivity index (χ4n) is 2.49. The van der Waals surface area contributed by atoms with E-state index in [1.807, 2.05) is 57.3 Å². The van der Waals surface area contributed by atoms with Crippen molar-refractivity contribution >= 4 is 11.7 Å². The molecule has 3 N–H and O–H groups in total. The van der Waals surface area contributed by atoms with Crippen LogP contribution in [0.4, 0.5) is 10.5 Å². The van der Waals surface area contributed by atoms with Gasteiger partial charge in [-0.15, -0.1) is 0 Å². The summed E-state index contributed by atoms with van der Waals surface area (Å²) in [5, 5.41) is 19.6. The summed E-state index contributed by atoms with van der Waals surface area (Å²) in [4.78, 5) is 12.3. The Morgan fingerprint density at radius 2 is 2.09 bits per heavy atom. The van der Waals surface area contributed by atoms with Crippen molar-refractivity contribution in [3.63, 3.8) is 0 Å². The second kappa shape index (κ2) is 7.28. The number of aliphatic hydroxyl groups excluding tert-OH is 1. The first-order valence-corrected chi connectivity index (χ1v) is 7.79. The van der Waals surface area contributed by atoms with Crippen LogP contribution in [-0.2, 0) is 0 Å². The Hall–Kier alpha value is -2.34. The quantitative estimate of drug-likeness (QED) is 0.766. The molecular formula is C17H24N4O2. The van der Waals surface area contributed by atoms with Gasteiger partial charge in [0.15, 0.2) is 0 Å². The molecule has 0 aliphatic heterocycles. The minimum atomic E-state index is -0.629. The van der Waals surface area contributed by atoms with Crippen molar-refractivity contribution in [1.82, 2.24) is 15.1 Å². The Kier molecular flexibility index (Phi) is 5.39. The molecule has 0 spiro atoms. The molecule has 2 rings (SSSR count).